The summed E-state index contributed by atoms with van der Waals surface area (Å²) in [6.45, 7) is 6.04. The van der Waals surface area contributed by atoms with Gasteiger partial charge in [-0.25, -0.2) is 15.0 Å². The van der Waals surface area contributed by atoms with E-state index in [1.165, 1.54) is 11.8 Å². The molecular formula is C15H16N6S. The van der Waals surface area contributed by atoms with Crippen LogP contribution in [0.25, 0.3) is 11.4 Å². The lowest BCUT2D eigenvalue weighted by Gasteiger charge is -2.08. The Morgan fingerprint density at radius 3 is 2.55 bits per heavy atom. The van der Waals surface area contributed by atoms with Gasteiger partial charge in [-0.2, -0.15) is 0 Å². The first-order valence-corrected chi connectivity index (χ1v) is 7.83. The molecule has 6 nitrogen and oxygen atoms in total. The van der Waals surface area contributed by atoms with Gasteiger partial charge in [0.1, 0.15) is 10.9 Å². The van der Waals surface area contributed by atoms with Crippen molar-refractivity contribution in [1.82, 2.24) is 30.1 Å². The minimum absolute atomic E-state index is 0.679. The van der Waals surface area contributed by atoms with Gasteiger partial charge in [-0.15, -0.1) is 5.10 Å². The summed E-state index contributed by atoms with van der Waals surface area (Å²) in [4.78, 5) is 17.7. The van der Waals surface area contributed by atoms with Crippen molar-refractivity contribution in [3.63, 3.8) is 0 Å². The zero-order valence-electron chi connectivity index (χ0n) is 12.7. The SMILES string of the molecule is CCc1nc(Sc2nc(-c3ccncc3)nc(C)c2C)n[nH]1. The number of aromatic amines is 1. The molecule has 0 aliphatic heterocycles. The van der Waals surface area contributed by atoms with Crippen molar-refractivity contribution in [2.24, 2.45) is 0 Å². The largest absolute Gasteiger partial charge is 0.265 e. The van der Waals surface area contributed by atoms with Crippen molar-refractivity contribution in [2.45, 2.75) is 37.4 Å². The number of H-pyrrole nitrogens is 1. The third-order valence-corrected chi connectivity index (χ3v) is 4.27. The maximum atomic E-state index is 4.66. The molecule has 0 bridgehead atoms. The van der Waals surface area contributed by atoms with Crippen LogP contribution in [0.15, 0.2) is 34.7 Å². The van der Waals surface area contributed by atoms with E-state index in [2.05, 4.69) is 30.1 Å². The van der Waals surface area contributed by atoms with Gasteiger partial charge in [-0.05, 0) is 37.7 Å². The Hall–Kier alpha value is -2.28. The average Bonchev–Trinajstić information content (AvgIpc) is 3.00. The molecule has 1 N–H and O–H groups in total. The Bertz CT molecular complexity index is 784. The molecule has 0 radical (unpaired) electrons. The number of hydrogen-bond donors (Lipinski definition) is 1. The molecule has 0 fully saturated rings. The highest BCUT2D eigenvalue weighted by molar-refractivity contribution is 7.99. The van der Waals surface area contributed by atoms with E-state index in [1.54, 1.807) is 12.4 Å². The second-order valence-electron chi connectivity index (χ2n) is 4.82. The number of aryl methyl sites for hydroxylation is 2. The van der Waals surface area contributed by atoms with E-state index in [4.69, 9.17) is 0 Å². The molecule has 22 heavy (non-hydrogen) atoms. The van der Waals surface area contributed by atoms with E-state index < -0.39 is 0 Å². The lowest BCUT2D eigenvalue weighted by molar-refractivity contribution is 0.935. The molecule has 0 spiro atoms. The van der Waals surface area contributed by atoms with Gasteiger partial charge >= 0.3 is 0 Å². The van der Waals surface area contributed by atoms with Crippen molar-refractivity contribution in [3.8, 4) is 11.4 Å². The maximum absolute atomic E-state index is 4.66. The number of nitrogens with zero attached hydrogens (tertiary/aromatic N) is 5. The van der Waals surface area contributed by atoms with Gasteiger partial charge in [0.2, 0.25) is 5.16 Å². The second kappa shape index (κ2) is 6.23. The average molecular weight is 312 g/mol. The third-order valence-electron chi connectivity index (χ3n) is 3.32. The van der Waals surface area contributed by atoms with Gasteiger partial charge in [0.15, 0.2) is 5.82 Å². The minimum Gasteiger partial charge on any atom is -0.265 e. The molecule has 3 heterocycles. The lowest BCUT2D eigenvalue weighted by Crippen LogP contribution is -1.99. The van der Waals surface area contributed by atoms with Crippen LogP contribution in [-0.4, -0.2) is 30.1 Å². The van der Waals surface area contributed by atoms with Crippen LogP contribution in [0.1, 0.15) is 24.0 Å². The van der Waals surface area contributed by atoms with Crippen molar-refractivity contribution >= 4 is 11.8 Å². The van der Waals surface area contributed by atoms with Crippen LogP contribution in [0, 0.1) is 13.8 Å². The third kappa shape index (κ3) is 2.99. The van der Waals surface area contributed by atoms with Crippen LogP contribution in [0.2, 0.25) is 0 Å². The predicted molar refractivity (Wildman–Crippen MR) is 84.6 cm³/mol. The van der Waals surface area contributed by atoms with Gasteiger partial charge in [-0.1, -0.05) is 6.92 Å². The zero-order chi connectivity index (χ0) is 15.5. The monoisotopic (exact) mass is 312 g/mol. The molecule has 0 saturated carbocycles. The van der Waals surface area contributed by atoms with E-state index in [0.29, 0.717) is 11.0 Å². The molecule has 0 aliphatic rings. The highest BCUT2D eigenvalue weighted by Crippen LogP contribution is 2.29. The number of pyridine rings is 1. The summed E-state index contributed by atoms with van der Waals surface area (Å²) >= 11 is 1.45. The second-order valence-corrected chi connectivity index (χ2v) is 5.77. The molecular weight excluding hydrogens is 296 g/mol. The molecule has 0 aliphatic carbocycles. The van der Waals surface area contributed by atoms with E-state index in [-0.39, 0.29) is 0 Å². The van der Waals surface area contributed by atoms with Crippen molar-refractivity contribution < 1.29 is 0 Å². The molecule has 112 valence electrons. The molecule has 0 unspecified atom stereocenters. The highest BCUT2D eigenvalue weighted by Gasteiger charge is 2.13. The highest BCUT2D eigenvalue weighted by atomic mass is 32.2. The molecule has 3 rings (SSSR count). The fraction of sp³-hybridized carbons (Fsp3) is 0.267. The fourth-order valence-electron chi connectivity index (χ4n) is 1.90. The summed E-state index contributed by atoms with van der Waals surface area (Å²) in [5.41, 5.74) is 2.95. The van der Waals surface area contributed by atoms with Crippen molar-refractivity contribution in [3.05, 3.63) is 41.6 Å². The van der Waals surface area contributed by atoms with Gasteiger partial charge in [0.05, 0.1) is 0 Å². The Morgan fingerprint density at radius 2 is 1.86 bits per heavy atom. The molecule has 3 aromatic heterocycles. The van der Waals surface area contributed by atoms with E-state index >= 15 is 0 Å². The first kappa shape index (κ1) is 14.6. The van der Waals surface area contributed by atoms with Crippen LogP contribution in [0.5, 0.6) is 0 Å². The summed E-state index contributed by atoms with van der Waals surface area (Å²) < 4.78 is 0. The molecule has 0 atom stereocenters. The molecule has 0 amide bonds. The number of rotatable bonds is 4. The standard InChI is InChI=1S/C15H16N6S/c1-4-12-18-15(21-20-12)22-14-9(2)10(3)17-13(19-14)11-5-7-16-8-6-11/h5-8H,4H2,1-3H3,(H,18,20,21). The molecule has 7 heteroatoms. The zero-order valence-corrected chi connectivity index (χ0v) is 13.5. The topological polar surface area (TPSA) is 80.2 Å². The molecule has 0 aromatic carbocycles. The van der Waals surface area contributed by atoms with Gasteiger partial charge in [0.25, 0.3) is 0 Å². The van der Waals surface area contributed by atoms with Gasteiger partial charge < -0.3 is 0 Å². The summed E-state index contributed by atoms with van der Waals surface area (Å²) in [6, 6.07) is 3.81. The Labute approximate surface area is 132 Å². The van der Waals surface area contributed by atoms with Gasteiger partial charge in [0, 0.05) is 35.6 Å². The minimum atomic E-state index is 0.679. The van der Waals surface area contributed by atoms with Crippen LogP contribution >= 0.6 is 11.8 Å². The van der Waals surface area contributed by atoms with Crippen molar-refractivity contribution in [1.29, 1.82) is 0 Å². The first-order chi connectivity index (χ1) is 10.7. The van der Waals surface area contributed by atoms with Crippen LogP contribution < -0.4 is 0 Å². The molecule has 0 saturated heterocycles. The van der Waals surface area contributed by atoms with Crippen molar-refractivity contribution in [2.75, 3.05) is 0 Å². The van der Waals surface area contributed by atoms with E-state index in [0.717, 1.165) is 34.1 Å². The first-order valence-electron chi connectivity index (χ1n) is 7.02. The fourth-order valence-corrected chi connectivity index (χ4v) is 2.75. The lowest BCUT2D eigenvalue weighted by atomic mass is 10.2. The number of aromatic nitrogens is 6. The van der Waals surface area contributed by atoms with E-state index in [1.807, 2.05) is 32.9 Å². The quantitative estimate of drug-likeness (QED) is 0.746. The van der Waals surface area contributed by atoms with Crippen LogP contribution in [-0.2, 0) is 6.42 Å². The van der Waals surface area contributed by atoms with Crippen LogP contribution in [0.4, 0.5) is 0 Å². The van der Waals surface area contributed by atoms with Crippen LogP contribution in [0.3, 0.4) is 0 Å². The predicted octanol–water partition coefficient (Wildman–Crippen LogP) is 2.99. The summed E-state index contributed by atoms with van der Waals surface area (Å²) in [5.74, 6) is 1.57. The maximum Gasteiger partial charge on any atom is 0.214 e. The van der Waals surface area contributed by atoms with Gasteiger partial charge in [-0.3, -0.25) is 10.1 Å². The summed E-state index contributed by atoms with van der Waals surface area (Å²) in [5, 5.41) is 8.69. The Balaban J connectivity index is 1.98. The molecule has 3 aromatic rings. The van der Waals surface area contributed by atoms with E-state index in [9.17, 15) is 0 Å². The Kier molecular flexibility index (Phi) is 4.15. The Morgan fingerprint density at radius 1 is 1.09 bits per heavy atom. The number of nitrogens with one attached hydrogen (secondary N) is 1. The summed E-state index contributed by atoms with van der Waals surface area (Å²) in [6.07, 6.45) is 4.31. The normalized spacial score (nSPS) is 10.9. The smallest absolute Gasteiger partial charge is 0.214 e. The number of hydrogen-bond acceptors (Lipinski definition) is 6. The summed E-state index contributed by atoms with van der Waals surface area (Å²) in [7, 11) is 0.